The van der Waals surface area contributed by atoms with Gasteiger partial charge in [0.25, 0.3) is 0 Å². The van der Waals surface area contributed by atoms with Gasteiger partial charge >= 0.3 is 12.1 Å². The van der Waals surface area contributed by atoms with Gasteiger partial charge in [-0.15, -0.1) is 0 Å². The molecule has 1 aromatic rings. The SMILES string of the molecule is C[C@H](NC(=O)OCc1ccccc1)C(=O)N[C@H]1CC(=O)OC1O. The Labute approximate surface area is 132 Å². The number of cyclic esters (lactones) is 1. The standard InChI is InChI=1S/C15H18N2O6/c1-9(13(19)17-11-7-12(18)23-14(11)20)16-15(21)22-8-10-5-3-2-4-6-10/h2-6,9,11,14,20H,7-8H2,1H3,(H,16,21)(H,17,19)/t9-,11-,14?/m0/s1. The smallest absolute Gasteiger partial charge is 0.408 e. The van der Waals surface area contributed by atoms with Crippen LogP contribution in [0.15, 0.2) is 30.3 Å². The van der Waals surface area contributed by atoms with Crippen LogP contribution in [0.3, 0.4) is 0 Å². The maximum atomic E-state index is 11.9. The lowest BCUT2D eigenvalue weighted by Crippen LogP contribution is -2.50. The van der Waals surface area contributed by atoms with Crippen LogP contribution in [0.1, 0.15) is 18.9 Å². The quantitative estimate of drug-likeness (QED) is 0.660. The number of nitrogens with one attached hydrogen (secondary N) is 2. The molecule has 0 aromatic heterocycles. The summed E-state index contributed by atoms with van der Waals surface area (Å²) in [5.74, 6) is -1.14. The van der Waals surface area contributed by atoms with E-state index in [1.54, 1.807) is 0 Å². The topological polar surface area (TPSA) is 114 Å². The van der Waals surface area contributed by atoms with Crippen LogP contribution in [0.5, 0.6) is 0 Å². The number of esters is 1. The number of alkyl carbamates (subject to hydrolysis) is 1. The molecule has 3 N–H and O–H groups in total. The number of aliphatic hydroxyl groups excluding tert-OH is 1. The van der Waals surface area contributed by atoms with Crippen molar-refractivity contribution in [2.45, 2.75) is 38.3 Å². The van der Waals surface area contributed by atoms with E-state index >= 15 is 0 Å². The molecule has 0 radical (unpaired) electrons. The average Bonchev–Trinajstić information content (AvgIpc) is 2.83. The third kappa shape index (κ3) is 4.96. The highest BCUT2D eigenvalue weighted by atomic mass is 16.6. The summed E-state index contributed by atoms with van der Waals surface area (Å²) in [5, 5.41) is 14.2. The fourth-order valence-electron chi connectivity index (χ4n) is 1.98. The van der Waals surface area contributed by atoms with Crippen molar-refractivity contribution in [3.05, 3.63) is 35.9 Å². The molecule has 0 saturated carbocycles. The van der Waals surface area contributed by atoms with Crippen LogP contribution in [-0.4, -0.2) is 41.4 Å². The predicted octanol–water partition coefficient (Wildman–Crippen LogP) is 0.0514. The third-order valence-corrected chi connectivity index (χ3v) is 3.25. The van der Waals surface area contributed by atoms with Crippen LogP contribution in [0.2, 0.25) is 0 Å². The molecule has 1 fully saturated rings. The first-order valence-electron chi connectivity index (χ1n) is 7.11. The van der Waals surface area contributed by atoms with E-state index < -0.39 is 36.3 Å². The van der Waals surface area contributed by atoms with E-state index in [1.165, 1.54) is 6.92 Å². The third-order valence-electron chi connectivity index (χ3n) is 3.25. The van der Waals surface area contributed by atoms with Crippen LogP contribution in [0.25, 0.3) is 0 Å². The zero-order chi connectivity index (χ0) is 16.8. The van der Waals surface area contributed by atoms with Crippen molar-refractivity contribution < 1.29 is 29.0 Å². The fourth-order valence-corrected chi connectivity index (χ4v) is 1.98. The second-order valence-corrected chi connectivity index (χ2v) is 5.13. The molecule has 0 spiro atoms. The Balaban J connectivity index is 1.74. The lowest BCUT2D eigenvalue weighted by atomic mass is 10.2. The fraction of sp³-hybridized carbons (Fsp3) is 0.400. The minimum Gasteiger partial charge on any atom is -0.445 e. The highest BCUT2D eigenvalue weighted by molar-refractivity contribution is 5.86. The van der Waals surface area contributed by atoms with E-state index in [4.69, 9.17) is 4.74 Å². The number of carbonyl (C=O) groups is 3. The lowest BCUT2D eigenvalue weighted by molar-refractivity contribution is -0.155. The lowest BCUT2D eigenvalue weighted by Gasteiger charge is -2.18. The molecule has 0 bridgehead atoms. The molecule has 3 atom stereocenters. The van der Waals surface area contributed by atoms with Gasteiger partial charge in [-0.25, -0.2) is 4.79 Å². The Hall–Kier alpha value is -2.61. The molecule has 1 heterocycles. The van der Waals surface area contributed by atoms with E-state index in [1.807, 2.05) is 30.3 Å². The maximum Gasteiger partial charge on any atom is 0.408 e. The molecule has 1 aromatic carbocycles. The Kier molecular flexibility index (Phi) is 5.53. The van der Waals surface area contributed by atoms with Gasteiger partial charge in [-0.1, -0.05) is 30.3 Å². The molecule has 1 aliphatic rings. The number of rotatable bonds is 5. The molecule has 2 rings (SSSR count). The summed E-state index contributed by atoms with van der Waals surface area (Å²) in [6.45, 7) is 1.55. The number of aliphatic hydroxyl groups is 1. The van der Waals surface area contributed by atoms with E-state index in [0.29, 0.717) is 0 Å². The minimum absolute atomic E-state index is 0.0880. The zero-order valence-electron chi connectivity index (χ0n) is 12.5. The van der Waals surface area contributed by atoms with Crippen molar-refractivity contribution in [3.63, 3.8) is 0 Å². The number of carbonyl (C=O) groups excluding carboxylic acids is 3. The summed E-state index contributed by atoms with van der Waals surface area (Å²) in [5.41, 5.74) is 0.824. The second kappa shape index (κ2) is 7.59. The van der Waals surface area contributed by atoms with Crippen LogP contribution in [0.4, 0.5) is 4.79 Å². The summed E-state index contributed by atoms with van der Waals surface area (Å²) in [7, 11) is 0. The molecule has 1 saturated heterocycles. The Morgan fingerprint density at radius 3 is 2.70 bits per heavy atom. The molecular weight excluding hydrogens is 304 g/mol. The molecule has 0 aliphatic carbocycles. The van der Waals surface area contributed by atoms with E-state index in [0.717, 1.165) is 5.56 Å². The Morgan fingerprint density at radius 1 is 1.39 bits per heavy atom. The molecule has 1 unspecified atom stereocenters. The van der Waals surface area contributed by atoms with Crippen LogP contribution < -0.4 is 10.6 Å². The Bertz CT molecular complexity index is 577. The van der Waals surface area contributed by atoms with Gasteiger partial charge in [0.2, 0.25) is 12.2 Å². The summed E-state index contributed by atoms with van der Waals surface area (Å²) >= 11 is 0. The summed E-state index contributed by atoms with van der Waals surface area (Å²) < 4.78 is 9.51. The number of benzene rings is 1. The van der Waals surface area contributed by atoms with Crippen molar-refractivity contribution >= 4 is 18.0 Å². The highest BCUT2D eigenvalue weighted by Crippen LogP contribution is 2.12. The average molecular weight is 322 g/mol. The van der Waals surface area contributed by atoms with Crippen molar-refractivity contribution in [2.24, 2.45) is 0 Å². The van der Waals surface area contributed by atoms with Gasteiger partial charge in [-0.05, 0) is 12.5 Å². The number of hydrogen-bond donors (Lipinski definition) is 3. The largest absolute Gasteiger partial charge is 0.445 e. The van der Waals surface area contributed by atoms with Crippen LogP contribution >= 0.6 is 0 Å². The predicted molar refractivity (Wildman–Crippen MR) is 77.9 cm³/mol. The first-order valence-corrected chi connectivity index (χ1v) is 7.11. The minimum atomic E-state index is -1.37. The van der Waals surface area contributed by atoms with Gasteiger partial charge in [0.05, 0.1) is 6.42 Å². The van der Waals surface area contributed by atoms with Crippen molar-refractivity contribution in [1.82, 2.24) is 10.6 Å². The number of amides is 2. The molecule has 2 amide bonds. The first kappa shape index (κ1) is 16.8. The first-order chi connectivity index (χ1) is 11.0. The summed E-state index contributed by atoms with van der Waals surface area (Å²) in [4.78, 5) is 34.5. The molecular formula is C15H18N2O6. The maximum absolute atomic E-state index is 11.9. The molecule has 8 nitrogen and oxygen atoms in total. The van der Waals surface area contributed by atoms with Crippen molar-refractivity contribution in [2.75, 3.05) is 0 Å². The zero-order valence-corrected chi connectivity index (χ0v) is 12.5. The van der Waals surface area contributed by atoms with Gasteiger partial charge < -0.3 is 25.2 Å². The van der Waals surface area contributed by atoms with E-state index in [9.17, 15) is 19.5 Å². The number of ether oxygens (including phenoxy) is 2. The summed E-state index contributed by atoms with van der Waals surface area (Å²) in [6, 6.07) is 7.40. The monoisotopic (exact) mass is 322 g/mol. The summed E-state index contributed by atoms with van der Waals surface area (Å²) in [6.07, 6.45) is -2.22. The number of hydrogen-bond acceptors (Lipinski definition) is 6. The van der Waals surface area contributed by atoms with Crippen LogP contribution in [-0.2, 0) is 25.7 Å². The van der Waals surface area contributed by atoms with Crippen molar-refractivity contribution in [3.8, 4) is 0 Å². The molecule has 23 heavy (non-hydrogen) atoms. The van der Waals surface area contributed by atoms with Crippen LogP contribution in [0, 0.1) is 0 Å². The van der Waals surface area contributed by atoms with E-state index in [-0.39, 0.29) is 13.0 Å². The Morgan fingerprint density at radius 2 is 2.09 bits per heavy atom. The van der Waals surface area contributed by atoms with Gasteiger partial charge in [0.1, 0.15) is 18.7 Å². The van der Waals surface area contributed by atoms with Gasteiger partial charge in [-0.2, -0.15) is 0 Å². The van der Waals surface area contributed by atoms with Gasteiger partial charge in [0.15, 0.2) is 0 Å². The van der Waals surface area contributed by atoms with Gasteiger partial charge in [0, 0.05) is 0 Å². The molecule has 8 heteroatoms. The van der Waals surface area contributed by atoms with Gasteiger partial charge in [-0.3, -0.25) is 9.59 Å². The van der Waals surface area contributed by atoms with Crippen molar-refractivity contribution in [1.29, 1.82) is 0 Å². The molecule has 1 aliphatic heterocycles. The molecule has 124 valence electrons. The highest BCUT2D eigenvalue weighted by Gasteiger charge is 2.35. The normalized spacial score (nSPS) is 21.2. The second-order valence-electron chi connectivity index (χ2n) is 5.13. The van der Waals surface area contributed by atoms with E-state index in [2.05, 4.69) is 15.4 Å².